The van der Waals surface area contributed by atoms with Crippen LogP contribution in [0, 0.1) is 17.8 Å². The number of hydrogen-bond donors (Lipinski definition) is 0. The lowest BCUT2D eigenvalue weighted by atomic mass is 9.59. The summed E-state index contributed by atoms with van der Waals surface area (Å²) in [5.74, 6) is 1.90. The molecule has 7 rings (SSSR count). The van der Waals surface area contributed by atoms with Gasteiger partial charge in [0, 0.05) is 23.6 Å². The Balaban J connectivity index is 1.51. The van der Waals surface area contributed by atoms with E-state index < -0.39 is 17.7 Å². The summed E-state index contributed by atoms with van der Waals surface area (Å²) < 4.78 is 19.1. The van der Waals surface area contributed by atoms with Gasteiger partial charge in [0.05, 0.1) is 0 Å². The van der Waals surface area contributed by atoms with Crippen LogP contribution in [0.3, 0.4) is 0 Å². The number of fused-ring (bicyclic) bond motifs is 3. The van der Waals surface area contributed by atoms with E-state index in [1.807, 2.05) is 25.1 Å². The van der Waals surface area contributed by atoms with Crippen LogP contribution < -0.4 is 0 Å². The molecule has 5 aliphatic rings. The zero-order chi connectivity index (χ0) is 19.1. The fraction of sp³-hybridized carbons (Fsp3) is 0.565. The Morgan fingerprint density at radius 2 is 1.93 bits per heavy atom. The van der Waals surface area contributed by atoms with E-state index >= 15 is 0 Å². The third-order valence-corrected chi connectivity index (χ3v) is 7.47. The molecule has 1 aliphatic carbocycles. The van der Waals surface area contributed by atoms with Gasteiger partial charge < -0.3 is 13.9 Å². The Kier molecular flexibility index (Phi) is 3.43. The van der Waals surface area contributed by atoms with Gasteiger partial charge in [-0.2, -0.15) is 0 Å². The summed E-state index contributed by atoms with van der Waals surface area (Å²) in [5.41, 5.74) is 1.46. The first kappa shape index (κ1) is 17.1. The molecule has 5 heteroatoms. The van der Waals surface area contributed by atoms with E-state index in [1.54, 1.807) is 0 Å². The number of ether oxygens (including phenoxy) is 2. The minimum atomic E-state index is -0.762. The van der Waals surface area contributed by atoms with E-state index in [2.05, 4.69) is 26.0 Å². The van der Waals surface area contributed by atoms with E-state index in [9.17, 15) is 0 Å². The maximum Gasteiger partial charge on any atom is 0.236 e. The molecule has 0 radical (unpaired) electrons. The third kappa shape index (κ3) is 2.13. The maximum absolute atomic E-state index is 6.53. The second kappa shape index (κ2) is 5.62. The van der Waals surface area contributed by atoms with Gasteiger partial charge in [0.25, 0.3) is 0 Å². The zero-order valence-electron chi connectivity index (χ0n) is 16.6. The predicted molar refractivity (Wildman–Crippen MR) is 103 cm³/mol. The van der Waals surface area contributed by atoms with Gasteiger partial charge in [-0.1, -0.05) is 25.1 Å². The summed E-state index contributed by atoms with van der Waals surface area (Å²) in [7, 11) is 0. The molecule has 6 atom stereocenters. The van der Waals surface area contributed by atoms with Gasteiger partial charge in [0.2, 0.25) is 12.1 Å². The highest BCUT2D eigenvalue weighted by atomic mass is 17.3. The van der Waals surface area contributed by atoms with Gasteiger partial charge in [-0.05, 0) is 56.7 Å². The molecule has 1 saturated carbocycles. The quantitative estimate of drug-likeness (QED) is 0.617. The molecular formula is C23H26O5. The van der Waals surface area contributed by atoms with Gasteiger partial charge in [-0.15, -0.1) is 0 Å². The van der Waals surface area contributed by atoms with Crippen LogP contribution in [0.15, 0.2) is 40.3 Å². The highest BCUT2D eigenvalue weighted by Crippen LogP contribution is 2.61. The van der Waals surface area contributed by atoms with E-state index in [1.165, 1.54) is 12.0 Å². The van der Waals surface area contributed by atoms with Crippen LogP contribution in [0.2, 0.25) is 0 Å². The Morgan fingerprint density at radius 3 is 2.79 bits per heavy atom. The van der Waals surface area contributed by atoms with Crippen molar-refractivity contribution in [2.75, 3.05) is 0 Å². The van der Waals surface area contributed by atoms with Gasteiger partial charge in [0.15, 0.2) is 17.1 Å². The lowest BCUT2D eigenvalue weighted by Crippen LogP contribution is -2.66. The van der Waals surface area contributed by atoms with Crippen molar-refractivity contribution in [3.05, 3.63) is 41.7 Å². The van der Waals surface area contributed by atoms with Crippen LogP contribution >= 0.6 is 0 Å². The van der Waals surface area contributed by atoms with Crippen LogP contribution in [0.4, 0.5) is 0 Å². The van der Waals surface area contributed by atoms with Crippen molar-refractivity contribution in [2.24, 2.45) is 17.8 Å². The normalized spacial score (nSPS) is 42.2. The van der Waals surface area contributed by atoms with Crippen LogP contribution in [-0.4, -0.2) is 17.7 Å². The SMILES string of the molecule is CC1=C(c2cc3ccccc3o2)O[C@@H]2O[C@]3(C)CC[C@H]4[C@H](C)CC[C@@H]1[C@@]24OO3. The first-order valence-corrected chi connectivity index (χ1v) is 10.4. The minimum absolute atomic E-state index is 0.193. The van der Waals surface area contributed by atoms with Gasteiger partial charge >= 0.3 is 0 Å². The second-order valence-corrected chi connectivity index (χ2v) is 9.13. The van der Waals surface area contributed by atoms with Crippen molar-refractivity contribution < 1.29 is 23.7 Å². The monoisotopic (exact) mass is 382 g/mol. The maximum atomic E-state index is 6.53. The molecule has 5 heterocycles. The first-order valence-electron chi connectivity index (χ1n) is 10.4. The molecule has 0 N–H and O–H groups in total. The largest absolute Gasteiger partial charge is 0.458 e. The Morgan fingerprint density at radius 1 is 1.07 bits per heavy atom. The minimum Gasteiger partial charge on any atom is -0.458 e. The van der Waals surface area contributed by atoms with Crippen molar-refractivity contribution >= 4 is 16.7 Å². The average Bonchev–Trinajstić information content (AvgIpc) is 2.99. The molecule has 0 amide bonds. The molecule has 2 bridgehead atoms. The molecule has 28 heavy (non-hydrogen) atoms. The Hall–Kier alpha value is -1.82. The van der Waals surface area contributed by atoms with E-state index in [4.69, 9.17) is 23.7 Å². The average molecular weight is 382 g/mol. The zero-order valence-corrected chi connectivity index (χ0v) is 16.6. The van der Waals surface area contributed by atoms with Crippen molar-refractivity contribution in [1.82, 2.24) is 0 Å². The summed E-state index contributed by atoms with van der Waals surface area (Å²) in [6.07, 6.45) is 3.57. The van der Waals surface area contributed by atoms with Crippen LogP contribution in [0.1, 0.15) is 52.2 Å². The molecule has 1 aromatic carbocycles. The number of rotatable bonds is 1. The molecule has 5 nitrogen and oxygen atoms in total. The lowest BCUT2D eigenvalue weighted by molar-refractivity contribution is -0.553. The predicted octanol–water partition coefficient (Wildman–Crippen LogP) is 5.41. The Labute approximate surface area is 164 Å². The summed E-state index contributed by atoms with van der Waals surface area (Å²) in [5, 5.41) is 1.08. The van der Waals surface area contributed by atoms with Crippen molar-refractivity contribution in [2.45, 2.75) is 64.1 Å². The second-order valence-electron chi connectivity index (χ2n) is 9.13. The van der Waals surface area contributed by atoms with Gasteiger partial charge in [0.1, 0.15) is 5.58 Å². The molecule has 148 valence electrons. The van der Waals surface area contributed by atoms with Crippen LogP contribution in [0.25, 0.3) is 16.7 Å². The van der Waals surface area contributed by atoms with Crippen molar-refractivity contribution in [3.8, 4) is 0 Å². The molecule has 1 aromatic heterocycles. The summed E-state index contributed by atoms with van der Waals surface area (Å²) in [6, 6.07) is 10.1. The topological polar surface area (TPSA) is 50.1 Å². The molecule has 1 spiro atoms. The lowest BCUT2D eigenvalue weighted by Gasteiger charge is -2.57. The van der Waals surface area contributed by atoms with E-state index in [0.717, 1.165) is 41.8 Å². The number of para-hydroxylation sites is 1. The molecular weight excluding hydrogens is 356 g/mol. The third-order valence-electron chi connectivity index (χ3n) is 7.47. The molecule has 0 unspecified atom stereocenters. The highest BCUT2D eigenvalue weighted by Gasteiger charge is 2.68. The van der Waals surface area contributed by atoms with Gasteiger partial charge in [-0.3, -0.25) is 0 Å². The first-order chi connectivity index (χ1) is 13.5. The van der Waals surface area contributed by atoms with E-state index in [0.29, 0.717) is 11.8 Å². The number of benzene rings is 1. The van der Waals surface area contributed by atoms with Crippen LogP contribution in [0.5, 0.6) is 0 Å². The van der Waals surface area contributed by atoms with Crippen LogP contribution in [-0.2, 0) is 19.2 Å². The summed E-state index contributed by atoms with van der Waals surface area (Å²) >= 11 is 0. The standard InChI is InChI=1S/C23H26O5/c1-13-8-9-17-14(2)20(19-12-15-6-4-5-7-18(15)24-19)25-21-23(17)16(13)10-11-22(3,26-21)27-28-23/h4-7,12-13,16-17,21H,8-11H2,1-3H3/t13-,16+,17+,21-,22+,23-/m1/s1. The fourth-order valence-corrected chi connectivity index (χ4v) is 5.96. The molecule has 3 saturated heterocycles. The summed E-state index contributed by atoms with van der Waals surface area (Å²) in [6.45, 7) is 6.42. The number of hydrogen-bond acceptors (Lipinski definition) is 5. The summed E-state index contributed by atoms with van der Waals surface area (Å²) in [4.78, 5) is 12.1. The molecule has 4 aliphatic heterocycles. The van der Waals surface area contributed by atoms with Crippen molar-refractivity contribution in [1.29, 1.82) is 0 Å². The Bertz CT molecular complexity index is 943. The number of furan rings is 1. The van der Waals surface area contributed by atoms with Crippen molar-refractivity contribution in [3.63, 3.8) is 0 Å². The molecule has 4 fully saturated rings. The fourth-order valence-electron chi connectivity index (χ4n) is 5.96. The van der Waals surface area contributed by atoms with E-state index in [-0.39, 0.29) is 5.92 Å². The smallest absolute Gasteiger partial charge is 0.236 e. The molecule has 2 aromatic rings. The highest BCUT2D eigenvalue weighted by molar-refractivity contribution is 5.81. The van der Waals surface area contributed by atoms with Gasteiger partial charge in [-0.25, -0.2) is 9.78 Å².